The highest BCUT2D eigenvalue weighted by Crippen LogP contribution is 2.50. The van der Waals surface area contributed by atoms with Crippen LogP contribution in [0.4, 0.5) is 0 Å². The van der Waals surface area contributed by atoms with Gasteiger partial charge in [0.2, 0.25) is 0 Å². The van der Waals surface area contributed by atoms with Gasteiger partial charge in [0.15, 0.2) is 0 Å². The number of fused-ring (bicyclic) bond motifs is 2. The van der Waals surface area contributed by atoms with E-state index >= 15 is 0 Å². The Balaban J connectivity index is 1.80. The predicted octanol–water partition coefficient (Wildman–Crippen LogP) is 2.74. The van der Waals surface area contributed by atoms with Gasteiger partial charge in [-0.1, -0.05) is 19.3 Å². The van der Waals surface area contributed by atoms with Crippen LogP contribution in [0.25, 0.3) is 0 Å². The molecule has 0 aromatic carbocycles. The number of ether oxygens (including phenoxy) is 1. The lowest BCUT2D eigenvalue weighted by molar-refractivity contribution is -0.148. The van der Waals surface area contributed by atoms with E-state index in [1.807, 2.05) is 6.92 Å². The van der Waals surface area contributed by atoms with Gasteiger partial charge in [-0.25, -0.2) is 0 Å². The smallest absolute Gasteiger partial charge is 0.310 e. The molecule has 2 aliphatic heterocycles. The number of carbonyl (C=O) groups excluding carboxylic acids is 1. The molecule has 1 spiro atoms. The summed E-state index contributed by atoms with van der Waals surface area (Å²) in [6.45, 7) is 3.64. The Morgan fingerprint density at radius 3 is 2.78 bits per heavy atom. The van der Waals surface area contributed by atoms with Crippen molar-refractivity contribution in [3.63, 3.8) is 0 Å². The molecule has 0 radical (unpaired) electrons. The van der Waals surface area contributed by atoms with Crippen molar-refractivity contribution in [3.8, 4) is 0 Å². The maximum atomic E-state index is 12.2. The van der Waals surface area contributed by atoms with Crippen molar-refractivity contribution in [1.82, 2.24) is 4.90 Å². The molecular weight excluding hydrogens is 226 g/mol. The Morgan fingerprint density at radius 1 is 1.28 bits per heavy atom. The monoisotopic (exact) mass is 251 g/mol. The van der Waals surface area contributed by atoms with E-state index in [4.69, 9.17) is 4.74 Å². The summed E-state index contributed by atoms with van der Waals surface area (Å²) < 4.78 is 5.30. The van der Waals surface area contributed by atoms with Crippen molar-refractivity contribution in [3.05, 3.63) is 0 Å². The third-order valence-electron chi connectivity index (χ3n) is 5.35. The summed E-state index contributed by atoms with van der Waals surface area (Å²) in [4.78, 5) is 14.9. The highest BCUT2D eigenvalue weighted by molar-refractivity contribution is 5.74. The van der Waals surface area contributed by atoms with Gasteiger partial charge in [0, 0.05) is 11.6 Å². The van der Waals surface area contributed by atoms with Crippen molar-refractivity contribution >= 4 is 5.97 Å². The maximum absolute atomic E-state index is 12.2. The van der Waals surface area contributed by atoms with E-state index in [2.05, 4.69) is 4.90 Å². The minimum Gasteiger partial charge on any atom is -0.466 e. The molecule has 0 bridgehead atoms. The lowest BCUT2D eigenvalue weighted by Crippen LogP contribution is -2.46. The molecular formula is C15H25NO2. The van der Waals surface area contributed by atoms with Crippen LogP contribution in [-0.4, -0.2) is 35.6 Å². The molecule has 3 heteroatoms. The summed E-state index contributed by atoms with van der Waals surface area (Å²) in [5.41, 5.74) is 0.358. The molecule has 1 aliphatic carbocycles. The number of hydrogen-bond acceptors (Lipinski definition) is 3. The highest BCUT2D eigenvalue weighted by atomic mass is 16.5. The number of rotatable bonds is 2. The predicted molar refractivity (Wildman–Crippen MR) is 70.3 cm³/mol. The van der Waals surface area contributed by atoms with Crippen LogP contribution in [0, 0.1) is 5.92 Å². The molecule has 2 heterocycles. The Bertz CT molecular complexity index is 322. The number of hydrogen-bond donors (Lipinski definition) is 0. The molecule has 2 atom stereocenters. The molecule has 0 unspecified atom stereocenters. The summed E-state index contributed by atoms with van der Waals surface area (Å²) in [5, 5.41) is 0. The molecule has 3 fully saturated rings. The van der Waals surface area contributed by atoms with Crippen molar-refractivity contribution < 1.29 is 9.53 Å². The molecule has 0 amide bonds. The van der Waals surface area contributed by atoms with Gasteiger partial charge in [0.25, 0.3) is 0 Å². The normalized spacial score (nSPS) is 34.7. The van der Waals surface area contributed by atoms with Crippen LogP contribution in [0.3, 0.4) is 0 Å². The zero-order valence-corrected chi connectivity index (χ0v) is 11.5. The first-order valence-corrected chi connectivity index (χ1v) is 7.70. The average molecular weight is 251 g/mol. The summed E-state index contributed by atoms with van der Waals surface area (Å²) >= 11 is 0. The zero-order chi connectivity index (χ0) is 12.6. The van der Waals surface area contributed by atoms with Crippen LogP contribution in [0.5, 0.6) is 0 Å². The Hall–Kier alpha value is -0.570. The van der Waals surface area contributed by atoms with E-state index < -0.39 is 0 Å². The minimum absolute atomic E-state index is 0.0665. The topological polar surface area (TPSA) is 29.5 Å². The van der Waals surface area contributed by atoms with Gasteiger partial charge < -0.3 is 4.74 Å². The van der Waals surface area contributed by atoms with Crippen LogP contribution in [0.15, 0.2) is 0 Å². The summed E-state index contributed by atoms with van der Waals surface area (Å²) in [5.74, 6) is 0.224. The molecule has 0 N–H and O–H groups in total. The van der Waals surface area contributed by atoms with Gasteiger partial charge in [0.1, 0.15) is 0 Å². The van der Waals surface area contributed by atoms with E-state index in [9.17, 15) is 4.79 Å². The van der Waals surface area contributed by atoms with E-state index in [0.717, 1.165) is 6.42 Å². The third-order valence-corrected chi connectivity index (χ3v) is 5.35. The number of carbonyl (C=O) groups is 1. The second kappa shape index (κ2) is 4.84. The zero-order valence-electron chi connectivity index (χ0n) is 11.5. The molecule has 3 nitrogen and oxygen atoms in total. The average Bonchev–Trinajstić information content (AvgIpc) is 2.95. The fourth-order valence-corrected chi connectivity index (χ4v) is 4.65. The van der Waals surface area contributed by atoms with Gasteiger partial charge in [-0.15, -0.1) is 0 Å². The minimum atomic E-state index is 0.0665. The van der Waals surface area contributed by atoms with Gasteiger partial charge in [-0.2, -0.15) is 0 Å². The Labute approximate surface area is 110 Å². The highest BCUT2D eigenvalue weighted by Gasteiger charge is 2.55. The molecule has 1 saturated carbocycles. The van der Waals surface area contributed by atoms with Gasteiger partial charge >= 0.3 is 5.97 Å². The first-order chi connectivity index (χ1) is 8.77. The first kappa shape index (κ1) is 12.5. The maximum Gasteiger partial charge on any atom is 0.310 e. The molecule has 3 rings (SSSR count). The summed E-state index contributed by atoms with van der Waals surface area (Å²) in [6, 6.07) is 0.488. The van der Waals surface area contributed by atoms with Gasteiger partial charge in [-0.05, 0) is 45.6 Å². The second-order valence-electron chi connectivity index (χ2n) is 6.25. The van der Waals surface area contributed by atoms with Crippen LogP contribution in [-0.2, 0) is 9.53 Å². The fraction of sp³-hybridized carbons (Fsp3) is 0.933. The van der Waals surface area contributed by atoms with Crippen molar-refractivity contribution in [2.75, 3.05) is 13.2 Å². The van der Waals surface area contributed by atoms with E-state index in [-0.39, 0.29) is 11.9 Å². The standard InChI is InChI=1S/C15H25NO2/c1-2-18-14(17)12-11-15(8-4-3-5-9-15)16-10-6-7-13(12)16/h12-13H,2-11H2,1H3/t12-,13-/m1/s1. The van der Waals surface area contributed by atoms with Crippen molar-refractivity contribution in [2.45, 2.75) is 69.9 Å². The van der Waals surface area contributed by atoms with E-state index in [0.29, 0.717) is 18.2 Å². The van der Waals surface area contributed by atoms with Gasteiger partial charge in [0.05, 0.1) is 12.5 Å². The Morgan fingerprint density at radius 2 is 2.06 bits per heavy atom. The number of nitrogens with zero attached hydrogens (tertiary/aromatic N) is 1. The molecule has 2 saturated heterocycles. The summed E-state index contributed by atoms with van der Waals surface area (Å²) in [6.07, 6.45) is 10.2. The fourth-order valence-electron chi connectivity index (χ4n) is 4.65. The molecule has 0 aromatic rings. The van der Waals surface area contributed by atoms with Crippen LogP contribution in [0.2, 0.25) is 0 Å². The van der Waals surface area contributed by atoms with Crippen LogP contribution < -0.4 is 0 Å². The summed E-state index contributed by atoms with van der Waals surface area (Å²) in [7, 11) is 0. The SMILES string of the molecule is CCOC(=O)[C@@H]1CC2(CCCCC2)N2CCC[C@H]12. The van der Waals surface area contributed by atoms with E-state index in [1.54, 1.807) is 0 Å². The first-order valence-electron chi connectivity index (χ1n) is 7.70. The lowest BCUT2D eigenvalue weighted by atomic mass is 9.78. The Kier molecular flexibility index (Phi) is 3.35. The molecule has 3 aliphatic rings. The second-order valence-corrected chi connectivity index (χ2v) is 6.25. The quantitative estimate of drug-likeness (QED) is 0.707. The van der Waals surface area contributed by atoms with E-state index in [1.165, 1.54) is 51.5 Å². The molecule has 102 valence electrons. The van der Waals surface area contributed by atoms with Crippen molar-refractivity contribution in [2.24, 2.45) is 5.92 Å². The van der Waals surface area contributed by atoms with Crippen LogP contribution >= 0.6 is 0 Å². The largest absolute Gasteiger partial charge is 0.466 e. The lowest BCUT2D eigenvalue weighted by Gasteiger charge is -2.41. The molecule has 0 aromatic heterocycles. The van der Waals surface area contributed by atoms with Crippen molar-refractivity contribution in [1.29, 1.82) is 0 Å². The number of esters is 1. The molecule has 18 heavy (non-hydrogen) atoms. The van der Waals surface area contributed by atoms with Crippen LogP contribution in [0.1, 0.15) is 58.3 Å². The van der Waals surface area contributed by atoms with Gasteiger partial charge in [-0.3, -0.25) is 9.69 Å². The third kappa shape index (κ3) is 1.87.